The van der Waals surface area contributed by atoms with E-state index in [-0.39, 0.29) is 12.5 Å². The Bertz CT molecular complexity index is 953. The Morgan fingerprint density at radius 3 is 2.60 bits per heavy atom. The Labute approximate surface area is 177 Å². The summed E-state index contributed by atoms with van der Waals surface area (Å²) in [7, 11) is 1.58. The van der Waals surface area contributed by atoms with Crippen molar-refractivity contribution in [2.45, 2.75) is 33.2 Å². The van der Waals surface area contributed by atoms with E-state index in [1.54, 1.807) is 7.11 Å². The van der Waals surface area contributed by atoms with Crippen LogP contribution in [0.3, 0.4) is 0 Å². The Hall–Kier alpha value is -3.19. The highest BCUT2D eigenvalue weighted by molar-refractivity contribution is 5.93. The van der Waals surface area contributed by atoms with Crippen LogP contribution in [0.2, 0.25) is 0 Å². The minimum Gasteiger partial charge on any atom is -0.495 e. The highest BCUT2D eigenvalue weighted by Gasteiger charge is 2.16. The van der Waals surface area contributed by atoms with Crippen molar-refractivity contribution < 1.29 is 14.1 Å². The molecule has 0 radical (unpaired) electrons. The lowest BCUT2D eigenvalue weighted by molar-refractivity contribution is -0.117. The topological polar surface area (TPSA) is 80.5 Å². The van der Waals surface area contributed by atoms with Gasteiger partial charge in [-0.05, 0) is 37.1 Å². The lowest BCUT2D eigenvalue weighted by atomic mass is 10.1. The Balaban J connectivity index is 1.63. The normalized spacial score (nSPS) is 10.9. The molecule has 1 aromatic heterocycles. The van der Waals surface area contributed by atoms with Crippen LogP contribution >= 0.6 is 0 Å². The van der Waals surface area contributed by atoms with E-state index in [9.17, 15) is 4.79 Å². The number of amides is 1. The summed E-state index contributed by atoms with van der Waals surface area (Å²) in [6.45, 7) is 5.55. The quantitative estimate of drug-likeness (QED) is 0.543. The van der Waals surface area contributed by atoms with E-state index in [0.29, 0.717) is 29.7 Å². The number of hydrogen-bond acceptors (Lipinski definition) is 6. The smallest absolute Gasteiger partial charge is 0.241 e. The van der Waals surface area contributed by atoms with Crippen molar-refractivity contribution in [3.8, 4) is 17.1 Å². The fourth-order valence-electron chi connectivity index (χ4n) is 3.19. The zero-order valence-corrected chi connectivity index (χ0v) is 17.7. The minimum absolute atomic E-state index is 0.122. The summed E-state index contributed by atoms with van der Waals surface area (Å²) in [4.78, 5) is 19.1. The van der Waals surface area contributed by atoms with Gasteiger partial charge in [-0.2, -0.15) is 4.98 Å². The number of methoxy groups -OCH3 is 1. The molecule has 1 N–H and O–H groups in total. The molecule has 7 nitrogen and oxygen atoms in total. The molecule has 0 saturated heterocycles. The van der Waals surface area contributed by atoms with Gasteiger partial charge in [0.1, 0.15) is 5.75 Å². The molecule has 1 heterocycles. The standard InChI is InChI=1S/C23H28N4O3/c1-4-14-27(15-21(28)24-19-8-6-7-9-20(19)29-3)16-22-25-23(26-30-22)18-12-10-17(5-2)11-13-18/h6-13H,4-5,14-16H2,1-3H3,(H,24,28). The van der Waals surface area contributed by atoms with E-state index < -0.39 is 0 Å². The van der Waals surface area contributed by atoms with Gasteiger partial charge in [0.05, 0.1) is 25.9 Å². The number of aromatic nitrogens is 2. The fraction of sp³-hybridized carbons (Fsp3) is 0.348. The summed E-state index contributed by atoms with van der Waals surface area (Å²) in [6, 6.07) is 15.5. The molecule has 1 amide bonds. The van der Waals surface area contributed by atoms with Gasteiger partial charge in [0.15, 0.2) is 0 Å². The molecule has 3 aromatic rings. The second-order valence-corrected chi connectivity index (χ2v) is 7.02. The predicted molar refractivity (Wildman–Crippen MR) is 116 cm³/mol. The molecule has 3 rings (SSSR count). The minimum atomic E-state index is -0.122. The van der Waals surface area contributed by atoms with Gasteiger partial charge in [-0.25, -0.2) is 0 Å². The molecule has 0 fully saturated rings. The van der Waals surface area contributed by atoms with Crippen LogP contribution in [0, 0.1) is 0 Å². The second kappa shape index (κ2) is 10.5. The number of para-hydroxylation sites is 2. The van der Waals surface area contributed by atoms with Crippen LogP contribution in [0.15, 0.2) is 53.1 Å². The van der Waals surface area contributed by atoms with Gasteiger partial charge in [0, 0.05) is 5.56 Å². The van der Waals surface area contributed by atoms with Crippen molar-refractivity contribution in [2.24, 2.45) is 0 Å². The Morgan fingerprint density at radius 1 is 1.13 bits per heavy atom. The molecule has 0 saturated carbocycles. The van der Waals surface area contributed by atoms with E-state index in [0.717, 1.165) is 24.9 Å². The molecular weight excluding hydrogens is 380 g/mol. The fourth-order valence-corrected chi connectivity index (χ4v) is 3.19. The van der Waals surface area contributed by atoms with Gasteiger partial charge in [0.25, 0.3) is 0 Å². The first-order valence-corrected chi connectivity index (χ1v) is 10.2. The maximum absolute atomic E-state index is 12.6. The van der Waals surface area contributed by atoms with Crippen LogP contribution in [-0.2, 0) is 17.8 Å². The highest BCUT2D eigenvalue weighted by Crippen LogP contribution is 2.23. The maximum atomic E-state index is 12.6. The molecule has 2 aromatic carbocycles. The maximum Gasteiger partial charge on any atom is 0.241 e. The third-order valence-electron chi connectivity index (χ3n) is 4.74. The summed E-state index contributed by atoms with van der Waals surface area (Å²) in [6.07, 6.45) is 1.89. The number of carbonyl (C=O) groups is 1. The first-order valence-electron chi connectivity index (χ1n) is 10.2. The van der Waals surface area contributed by atoms with E-state index in [1.165, 1.54) is 5.56 Å². The number of rotatable bonds is 10. The third-order valence-corrected chi connectivity index (χ3v) is 4.74. The second-order valence-electron chi connectivity index (χ2n) is 7.02. The highest BCUT2D eigenvalue weighted by atomic mass is 16.5. The number of hydrogen-bond donors (Lipinski definition) is 1. The van der Waals surface area contributed by atoms with Crippen molar-refractivity contribution in [3.05, 3.63) is 60.0 Å². The van der Waals surface area contributed by atoms with Crippen LogP contribution in [0.1, 0.15) is 31.7 Å². The molecule has 0 aliphatic rings. The van der Waals surface area contributed by atoms with E-state index >= 15 is 0 Å². The Morgan fingerprint density at radius 2 is 1.90 bits per heavy atom. The summed E-state index contributed by atoms with van der Waals surface area (Å²) in [5.41, 5.74) is 2.83. The van der Waals surface area contributed by atoms with Crippen molar-refractivity contribution >= 4 is 11.6 Å². The number of anilines is 1. The third kappa shape index (κ3) is 5.67. The molecule has 0 spiro atoms. The van der Waals surface area contributed by atoms with Crippen molar-refractivity contribution in [1.82, 2.24) is 15.0 Å². The molecule has 0 unspecified atom stereocenters. The first kappa shape index (κ1) is 21.5. The summed E-state index contributed by atoms with van der Waals surface area (Å²) in [5.74, 6) is 1.55. The monoisotopic (exact) mass is 408 g/mol. The van der Waals surface area contributed by atoms with Crippen LogP contribution in [-0.4, -0.2) is 41.1 Å². The van der Waals surface area contributed by atoms with Crippen LogP contribution in [0.25, 0.3) is 11.4 Å². The van der Waals surface area contributed by atoms with Gasteiger partial charge < -0.3 is 14.6 Å². The van der Waals surface area contributed by atoms with Crippen molar-refractivity contribution in [2.75, 3.05) is 25.5 Å². The van der Waals surface area contributed by atoms with Gasteiger partial charge in [-0.1, -0.05) is 55.4 Å². The van der Waals surface area contributed by atoms with Gasteiger partial charge >= 0.3 is 0 Å². The first-order chi connectivity index (χ1) is 14.6. The zero-order valence-electron chi connectivity index (χ0n) is 17.7. The molecule has 30 heavy (non-hydrogen) atoms. The van der Waals surface area contributed by atoms with E-state index in [2.05, 4.69) is 41.4 Å². The Kier molecular flexibility index (Phi) is 7.57. The summed E-state index contributed by atoms with van der Waals surface area (Å²) < 4.78 is 10.7. The SMILES string of the molecule is CCCN(CC(=O)Nc1ccccc1OC)Cc1nc(-c2ccc(CC)cc2)no1. The van der Waals surface area contributed by atoms with Gasteiger partial charge in [-0.3, -0.25) is 9.69 Å². The number of ether oxygens (including phenoxy) is 1. The number of aryl methyl sites for hydroxylation is 1. The van der Waals surface area contributed by atoms with Crippen LogP contribution in [0.4, 0.5) is 5.69 Å². The van der Waals surface area contributed by atoms with Crippen LogP contribution < -0.4 is 10.1 Å². The average Bonchev–Trinajstić information content (AvgIpc) is 3.22. The zero-order chi connectivity index (χ0) is 21.3. The summed E-state index contributed by atoms with van der Waals surface area (Å²) >= 11 is 0. The summed E-state index contributed by atoms with van der Waals surface area (Å²) in [5, 5.41) is 7.00. The van der Waals surface area contributed by atoms with Crippen molar-refractivity contribution in [1.29, 1.82) is 0 Å². The molecule has 7 heteroatoms. The van der Waals surface area contributed by atoms with Crippen LogP contribution in [0.5, 0.6) is 5.75 Å². The molecular formula is C23H28N4O3. The van der Waals surface area contributed by atoms with E-state index in [4.69, 9.17) is 9.26 Å². The lowest BCUT2D eigenvalue weighted by Crippen LogP contribution is -2.33. The molecule has 158 valence electrons. The lowest BCUT2D eigenvalue weighted by Gasteiger charge is -2.19. The number of benzene rings is 2. The molecule has 0 aliphatic carbocycles. The molecule has 0 bridgehead atoms. The average molecular weight is 409 g/mol. The van der Waals surface area contributed by atoms with Gasteiger partial charge in [-0.15, -0.1) is 0 Å². The largest absolute Gasteiger partial charge is 0.495 e. The van der Waals surface area contributed by atoms with Crippen molar-refractivity contribution in [3.63, 3.8) is 0 Å². The molecule has 0 atom stereocenters. The molecule has 0 aliphatic heterocycles. The number of nitrogens with zero attached hydrogens (tertiary/aromatic N) is 3. The number of carbonyl (C=O) groups excluding carboxylic acids is 1. The van der Waals surface area contributed by atoms with Gasteiger partial charge in [0.2, 0.25) is 17.6 Å². The van der Waals surface area contributed by atoms with E-state index in [1.807, 2.05) is 41.3 Å². The number of nitrogens with one attached hydrogen (secondary N) is 1. The predicted octanol–water partition coefficient (Wildman–Crippen LogP) is 4.16.